The number of hydrogen-bond donors (Lipinski definition) is 3. The van der Waals surface area contributed by atoms with E-state index in [1.807, 2.05) is 24.3 Å². The summed E-state index contributed by atoms with van der Waals surface area (Å²) in [4.78, 5) is -0.0952. The van der Waals surface area contributed by atoms with Gasteiger partial charge in [0, 0.05) is 28.3 Å². The van der Waals surface area contributed by atoms with Crippen LogP contribution in [-0.4, -0.2) is 49.6 Å². The van der Waals surface area contributed by atoms with Gasteiger partial charge in [-0.2, -0.15) is 8.42 Å². The van der Waals surface area contributed by atoms with Crippen molar-refractivity contribution in [3.8, 4) is 11.5 Å². The van der Waals surface area contributed by atoms with Crippen LogP contribution in [0.3, 0.4) is 0 Å². The highest BCUT2D eigenvalue weighted by molar-refractivity contribution is 7.89. The molecule has 140 valence electrons. The highest BCUT2D eigenvalue weighted by Crippen LogP contribution is 2.44. The Kier molecular flexibility index (Phi) is 5.47. The fourth-order valence-electron chi connectivity index (χ4n) is 3.17. The van der Waals surface area contributed by atoms with E-state index in [1.165, 1.54) is 6.08 Å². The van der Waals surface area contributed by atoms with E-state index in [1.54, 1.807) is 0 Å². The normalized spacial score (nSPS) is 14.0. The number of aliphatic hydroxyl groups excluding tert-OH is 2. The van der Waals surface area contributed by atoms with Crippen molar-refractivity contribution in [2.75, 3.05) is 26.4 Å². The Hall–Kier alpha value is -2.13. The third-order valence-electron chi connectivity index (χ3n) is 4.22. The molecule has 0 bridgehead atoms. The van der Waals surface area contributed by atoms with Crippen molar-refractivity contribution in [3.63, 3.8) is 0 Å². The minimum Gasteiger partial charge on any atom is -0.490 e. The van der Waals surface area contributed by atoms with Gasteiger partial charge in [0.15, 0.2) is 0 Å². The minimum absolute atomic E-state index is 0.0325. The Morgan fingerprint density at radius 2 is 1.46 bits per heavy atom. The van der Waals surface area contributed by atoms with Crippen LogP contribution in [0, 0.1) is 0 Å². The molecule has 3 N–H and O–H groups in total. The molecule has 3 rings (SSSR count). The average Bonchev–Trinajstić information content (AvgIpc) is 2.63. The maximum absolute atomic E-state index is 11.6. The van der Waals surface area contributed by atoms with Crippen LogP contribution in [0.1, 0.15) is 11.1 Å². The molecule has 26 heavy (non-hydrogen) atoms. The second-order valence-electron chi connectivity index (χ2n) is 5.83. The fraction of sp³-hybridized carbons (Fsp3) is 0.333. The number of benzene rings is 2. The summed E-state index contributed by atoms with van der Waals surface area (Å²) in [5.41, 5.74) is 1.35. The van der Waals surface area contributed by atoms with Crippen molar-refractivity contribution in [1.29, 1.82) is 0 Å². The van der Waals surface area contributed by atoms with E-state index in [9.17, 15) is 13.0 Å². The maximum atomic E-state index is 11.6. The molecule has 2 aromatic rings. The molecule has 0 amide bonds. The van der Waals surface area contributed by atoms with Gasteiger partial charge >= 0.3 is 0 Å². The van der Waals surface area contributed by atoms with Gasteiger partial charge in [0.25, 0.3) is 10.1 Å². The first kappa shape index (κ1) is 18.7. The quantitative estimate of drug-likeness (QED) is 0.623. The highest BCUT2D eigenvalue weighted by atomic mass is 32.2. The molecule has 0 spiro atoms. The molecular weight excluding hydrogens is 360 g/mol. The smallest absolute Gasteiger partial charge is 0.290 e. The van der Waals surface area contributed by atoms with Crippen LogP contribution in [0.15, 0.2) is 35.2 Å². The Morgan fingerprint density at radius 1 is 0.923 bits per heavy atom. The van der Waals surface area contributed by atoms with Crippen LogP contribution >= 0.6 is 0 Å². The first-order chi connectivity index (χ1) is 12.5. The van der Waals surface area contributed by atoms with Gasteiger partial charge in [0.05, 0.1) is 18.1 Å². The molecule has 0 saturated carbocycles. The van der Waals surface area contributed by atoms with Crippen LogP contribution in [-0.2, 0) is 23.0 Å². The van der Waals surface area contributed by atoms with Crippen molar-refractivity contribution in [2.45, 2.75) is 12.8 Å². The number of rotatable bonds is 7. The molecule has 1 aliphatic rings. The largest absolute Gasteiger partial charge is 0.490 e. The van der Waals surface area contributed by atoms with E-state index < -0.39 is 10.1 Å². The van der Waals surface area contributed by atoms with Crippen LogP contribution in [0.4, 0.5) is 0 Å². The van der Waals surface area contributed by atoms with E-state index in [0.717, 1.165) is 10.9 Å². The van der Waals surface area contributed by atoms with Crippen LogP contribution in [0.2, 0.25) is 0 Å². The van der Waals surface area contributed by atoms with E-state index in [2.05, 4.69) is 0 Å². The topological polar surface area (TPSA) is 113 Å². The Labute approximate surface area is 151 Å². The zero-order valence-corrected chi connectivity index (χ0v) is 14.8. The summed E-state index contributed by atoms with van der Waals surface area (Å²) in [7, 11) is -4.31. The van der Waals surface area contributed by atoms with Crippen molar-refractivity contribution in [1.82, 2.24) is 0 Å². The molecule has 0 saturated heterocycles. The van der Waals surface area contributed by atoms with Gasteiger partial charge in [-0.1, -0.05) is 30.3 Å². The van der Waals surface area contributed by atoms with Gasteiger partial charge < -0.3 is 19.7 Å². The van der Waals surface area contributed by atoms with Crippen molar-refractivity contribution >= 4 is 20.9 Å². The second-order valence-corrected chi connectivity index (χ2v) is 7.31. The predicted octanol–water partition coefficient (Wildman–Crippen LogP) is 1.45. The summed E-state index contributed by atoms with van der Waals surface area (Å²) in [5, 5.41) is 19.7. The van der Waals surface area contributed by atoms with Crippen molar-refractivity contribution in [2.24, 2.45) is 0 Å². The lowest BCUT2D eigenvalue weighted by Crippen LogP contribution is -2.16. The molecule has 8 heteroatoms. The molecule has 0 atom stereocenters. The molecule has 2 aromatic carbocycles. The summed E-state index contributed by atoms with van der Waals surface area (Å²) in [5.74, 6) is 1.03. The summed E-state index contributed by atoms with van der Waals surface area (Å²) in [6.45, 7) is -0.189. The van der Waals surface area contributed by atoms with Crippen molar-refractivity contribution < 1.29 is 32.7 Å². The summed E-state index contributed by atoms with van der Waals surface area (Å²) >= 11 is 0. The number of ether oxygens (including phenoxy) is 2. The zero-order chi connectivity index (χ0) is 18.7. The molecule has 7 nitrogen and oxygen atoms in total. The van der Waals surface area contributed by atoms with Crippen molar-refractivity contribution in [3.05, 3.63) is 46.4 Å². The highest BCUT2D eigenvalue weighted by Gasteiger charge is 2.28. The third kappa shape index (κ3) is 3.54. The summed E-state index contributed by atoms with van der Waals surface area (Å²) < 4.78 is 44.1. The lowest BCUT2D eigenvalue weighted by Gasteiger charge is -2.24. The summed E-state index contributed by atoms with van der Waals surface area (Å²) in [6.07, 6.45) is 1.66. The number of allylic oxidation sites excluding steroid dienone is 2. The standard InChI is InChI=1S/C18H20O7S/c19-7-9-24-17-13-3-1-2-4-14(13)18(25-10-8-20)16-11-12(26(21,22)23)5-6-15(16)17/h1-5,19-20H,6-11H2,(H,21,22,23). The maximum Gasteiger partial charge on any atom is 0.290 e. The average molecular weight is 380 g/mol. The first-order valence-corrected chi connectivity index (χ1v) is 9.61. The lowest BCUT2D eigenvalue weighted by molar-refractivity contribution is 0.198. The molecular formula is C18H20O7S. The molecule has 0 fully saturated rings. The second kappa shape index (κ2) is 7.63. The lowest BCUT2D eigenvalue weighted by atomic mass is 9.90. The Balaban J connectivity index is 2.24. The van der Waals surface area contributed by atoms with Gasteiger partial charge in [-0.25, -0.2) is 0 Å². The first-order valence-electron chi connectivity index (χ1n) is 8.17. The van der Waals surface area contributed by atoms with E-state index >= 15 is 0 Å². The molecule has 1 aliphatic carbocycles. The van der Waals surface area contributed by atoms with Gasteiger partial charge in [0.1, 0.15) is 24.7 Å². The van der Waals surface area contributed by atoms with E-state index in [0.29, 0.717) is 22.4 Å². The van der Waals surface area contributed by atoms with Gasteiger partial charge in [-0.15, -0.1) is 0 Å². The molecule has 0 heterocycles. The van der Waals surface area contributed by atoms with Crippen LogP contribution < -0.4 is 9.47 Å². The number of hydrogen-bond acceptors (Lipinski definition) is 6. The van der Waals surface area contributed by atoms with Crippen LogP contribution in [0.25, 0.3) is 10.8 Å². The molecule has 0 unspecified atom stereocenters. The van der Waals surface area contributed by atoms with Gasteiger partial charge in [0.2, 0.25) is 0 Å². The van der Waals surface area contributed by atoms with Gasteiger partial charge in [-0.05, 0) is 6.42 Å². The predicted molar refractivity (Wildman–Crippen MR) is 96.1 cm³/mol. The Morgan fingerprint density at radius 3 is 1.96 bits per heavy atom. The number of aliphatic hydroxyl groups is 2. The Bertz CT molecular complexity index is 948. The van der Waals surface area contributed by atoms with E-state index in [-0.39, 0.29) is 44.2 Å². The van der Waals surface area contributed by atoms with Crippen LogP contribution in [0.5, 0.6) is 11.5 Å². The zero-order valence-electron chi connectivity index (χ0n) is 14.0. The minimum atomic E-state index is -4.31. The molecule has 0 aliphatic heterocycles. The SMILES string of the molecule is O=S(=O)(O)C1=CCc2c(c(OCCO)c3ccccc3c2OCCO)C1. The van der Waals surface area contributed by atoms with E-state index in [4.69, 9.17) is 19.7 Å². The summed E-state index contributed by atoms with van der Waals surface area (Å²) in [6, 6.07) is 7.34. The monoisotopic (exact) mass is 380 g/mol. The number of fused-ring (bicyclic) bond motifs is 2. The molecule has 0 aromatic heterocycles. The van der Waals surface area contributed by atoms with Gasteiger partial charge in [-0.3, -0.25) is 4.55 Å². The third-order valence-corrected chi connectivity index (χ3v) is 5.19. The fourth-order valence-corrected chi connectivity index (χ4v) is 3.79. The molecule has 0 radical (unpaired) electrons.